The molecule has 21 heavy (non-hydrogen) atoms. The van der Waals surface area contributed by atoms with Crippen molar-refractivity contribution in [1.82, 2.24) is 24.9 Å². The summed E-state index contributed by atoms with van der Waals surface area (Å²) in [7, 11) is 1.82. The molecule has 0 aliphatic heterocycles. The highest BCUT2D eigenvalue weighted by Gasteiger charge is 2.12. The van der Waals surface area contributed by atoms with Crippen LogP contribution in [-0.2, 0) is 13.6 Å². The molecule has 0 radical (unpaired) electrons. The van der Waals surface area contributed by atoms with Crippen molar-refractivity contribution in [3.8, 4) is 0 Å². The van der Waals surface area contributed by atoms with Gasteiger partial charge in [0.15, 0.2) is 0 Å². The van der Waals surface area contributed by atoms with Gasteiger partial charge in [0.25, 0.3) is 5.91 Å². The lowest BCUT2D eigenvalue weighted by Crippen LogP contribution is -2.25. The molecule has 0 spiro atoms. The second-order valence-corrected chi connectivity index (χ2v) is 5.46. The van der Waals surface area contributed by atoms with Gasteiger partial charge in [0.1, 0.15) is 0 Å². The Hall–Kier alpha value is -1.82. The quantitative estimate of drug-likeness (QED) is 0.859. The highest BCUT2D eigenvalue weighted by atomic mass is 35.5. The fourth-order valence-corrected chi connectivity index (χ4v) is 2.28. The lowest BCUT2D eigenvalue weighted by molar-refractivity contribution is 0.0952. The second-order valence-electron chi connectivity index (χ2n) is 5.08. The van der Waals surface area contributed by atoms with Gasteiger partial charge in [0.2, 0.25) is 0 Å². The molecule has 0 aliphatic carbocycles. The van der Waals surface area contributed by atoms with Gasteiger partial charge in [-0.15, -0.1) is 0 Å². The predicted octanol–water partition coefficient (Wildman–Crippen LogP) is 2.02. The van der Waals surface area contributed by atoms with Crippen molar-refractivity contribution in [3.05, 3.63) is 33.9 Å². The predicted molar refractivity (Wildman–Crippen MR) is 81.6 cm³/mol. The fraction of sp³-hybridized carbons (Fsp3) is 0.500. The molecule has 0 aliphatic rings. The molecule has 0 fully saturated rings. The van der Waals surface area contributed by atoms with E-state index in [0.717, 1.165) is 30.0 Å². The van der Waals surface area contributed by atoms with Crippen LogP contribution in [0.2, 0.25) is 5.02 Å². The maximum absolute atomic E-state index is 12.0. The first-order chi connectivity index (χ1) is 9.91. The summed E-state index contributed by atoms with van der Waals surface area (Å²) >= 11 is 6.10. The number of aromatic nitrogens is 4. The number of nitrogens with zero attached hydrogens (tertiary/aromatic N) is 4. The van der Waals surface area contributed by atoms with Crippen LogP contribution < -0.4 is 5.32 Å². The first-order valence-electron chi connectivity index (χ1n) is 6.88. The summed E-state index contributed by atoms with van der Waals surface area (Å²) in [6, 6.07) is 0. The lowest BCUT2D eigenvalue weighted by Gasteiger charge is -2.06. The van der Waals surface area contributed by atoms with Crippen molar-refractivity contribution in [1.29, 1.82) is 0 Å². The van der Waals surface area contributed by atoms with Gasteiger partial charge in [-0.1, -0.05) is 11.6 Å². The van der Waals surface area contributed by atoms with Crippen LogP contribution in [0, 0.1) is 20.8 Å². The van der Waals surface area contributed by atoms with Crippen LogP contribution in [0.5, 0.6) is 0 Å². The van der Waals surface area contributed by atoms with Crippen molar-refractivity contribution in [3.63, 3.8) is 0 Å². The van der Waals surface area contributed by atoms with E-state index < -0.39 is 0 Å². The molecule has 0 aromatic carbocycles. The van der Waals surface area contributed by atoms with Crippen molar-refractivity contribution in [2.24, 2.45) is 7.05 Å². The molecule has 1 N–H and O–H groups in total. The maximum atomic E-state index is 12.0. The third-order valence-electron chi connectivity index (χ3n) is 3.61. The van der Waals surface area contributed by atoms with Gasteiger partial charge < -0.3 is 5.32 Å². The van der Waals surface area contributed by atoms with E-state index in [1.807, 2.05) is 32.5 Å². The molecule has 7 heteroatoms. The minimum absolute atomic E-state index is 0.0907. The fourth-order valence-electron chi connectivity index (χ4n) is 2.14. The van der Waals surface area contributed by atoms with Crippen molar-refractivity contribution < 1.29 is 4.79 Å². The molecule has 6 nitrogen and oxygen atoms in total. The monoisotopic (exact) mass is 309 g/mol. The van der Waals surface area contributed by atoms with Gasteiger partial charge in [-0.2, -0.15) is 10.2 Å². The number of hydrogen-bond donors (Lipinski definition) is 1. The largest absolute Gasteiger partial charge is 0.352 e. The van der Waals surface area contributed by atoms with Crippen LogP contribution in [0.4, 0.5) is 0 Å². The Bertz CT molecular complexity index is 659. The van der Waals surface area contributed by atoms with Gasteiger partial charge >= 0.3 is 0 Å². The molecule has 1 amide bonds. The van der Waals surface area contributed by atoms with E-state index in [2.05, 4.69) is 15.5 Å². The summed E-state index contributed by atoms with van der Waals surface area (Å²) in [5.41, 5.74) is 3.28. The molecule has 114 valence electrons. The third-order valence-corrected chi connectivity index (χ3v) is 4.15. The topological polar surface area (TPSA) is 64.7 Å². The van der Waals surface area contributed by atoms with Gasteiger partial charge in [-0.3, -0.25) is 14.2 Å². The number of nitrogens with one attached hydrogen (secondary N) is 1. The molecule has 0 atom stereocenters. The van der Waals surface area contributed by atoms with Crippen LogP contribution in [-0.4, -0.2) is 32.0 Å². The molecule has 2 aromatic heterocycles. The zero-order valence-corrected chi connectivity index (χ0v) is 13.5. The average molecular weight is 310 g/mol. The van der Waals surface area contributed by atoms with E-state index in [-0.39, 0.29) is 5.91 Å². The summed E-state index contributed by atoms with van der Waals surface area (Å²) in [6.45, 7) is 7.02. The van der Waals surface area contributed by atoms with Gasteiger partial charge in [-0.05, 0) is 27.2 Å². The molecule has 0 saturated heterocycles. The van der Waals surface area contributed by atoms with E-state index in [1.165, 1.54) is 0 Å². The summed E-state index contributed by atoms with van der Waals surface area (Å²) in [5.74, 6) is -0.0907. The van der Waals surface area contributed by atoms with Crippen LogP contribution >= 0.6 is 11.6 Å². The Morgan fingerprint density at radius 2 is 2.05 bits per heavy atom. The van der Waals surface area contributed by atoms with Gasteiger partial charge in [0, 0.05) is 25.8 Å². The van der Waals surface area contributed by atoms with Crippen molar-refractivity contribution in [2.75, 3.05) is 6.54 Å². The lowest BCUT2D eigenvalue weighted by atomic mass is 10.2. The number of amides is 1. The van der Waals surface area contributed by atoms with E-state index in [1.54, 1.807) is 10.9 Å². The minimum atomic E-state index is -0.0907. The van der Waals surface area contributed by atoms with Crippen molar-refractivity contribution in [2.45, 2.75) is 33.7 Å². The Morgan fingerprint density at radius 1 is 1.33 bits per heavy atom. The molecular weight excluding hydrogens is 290 g/mol. The van der Waals surface area contributed by atoms with E-state index in [4.69, 9.17) is 11.6 Å². The highest BCUT2D eigenvalue weighted by molar-refractivity contribution is 6.31. The number of aryl methyl sites for hydroxylation is 3. The van der Waals surface area contributed by atoms with Crippen LogP contribution in [0.1, 0.15) is 33.9 Å². The molecule has 2 heterocycles. The maximum Gasteiger partial charge on any atom is 0.254 e. The Morgan fingerprint density at radius 3 is 2.57 bits per heavy atom. The standard InChI is InChI=1S/C14H20ClN5O/c1-9-13(15)11(3)20(18-9)7-5-6-16-14(21)12-8-17-19(4)10(12)2/h8H,5-7H2,1-4H3,(H,16,21). The molecule has 2 aromatic rings. The Kier molecular flexibility index (Phi) is 4.67. The second kappa shape index (κ2) is 6.30. The first kappa shape index (κ1) is 15.6. The summed E-state index contributed by atoms with van der Waals surface area (Å²) < 4.78 is 3.56. The summed E-state index contributed by atoms with van der Waals surface area (Å²) in [5, 5.41) is 12.0. The van der Waals surface area contributed by atoms with E-state index in [0.29, 0.717) is 17.1 Å². The normalized spacial score (nSPS) is 10.9. The number of carbonyl (C=O) groups is 1. The van der Waals surface area contributed by atoms with Crippen LogP contribution in [0.3, 0.4) is 0 Å². The number of hydrogen-bond acceptors (Lipinski definition) is 3. The Balaban J connectivity index is 1.83. The first-order valence-corrected chi connectivity index (χ1v) is 7.26. The minimum Gasteiger partial charge on any atom is -0.352 e. The molecule has 0 bridgehead atoms. The zero-order valence-electron chi connectivity index (χ0n) is 12.8. The molecule has 0 saturated carbocycles. The van der Waals surface area contributed by atoms with Crippen LogP contribution in [0.15, 0.2) is 6.20 Å². The molecule has 0 unspecified atom stereocenters. The third kappa shape index (κ3) is 3.26. The van der Waals surface area contributed by atoms with Gasteiger partial charge in [0.05, 0.1) is 28.2 Å². The van der Waals surface area contributed by atoms with Gasteiger partial charge in [-0.25, -0.2) is 0 Å². The molecular formula is C14H20ClN5O. The van der Waals surface area contributed by atoms with E-state index in [9.17, 15) is 4.79 Å². The summed E-state index contributed by atoms with van der Waals surface area (Å²) in [6.07, 6.45) is 2.38. The van der Waals surface area contributed by atoms with Crippen LogP contribution in [0.25, 0.3) is 0 Å². The summed E-state index contributed by atoms with van der Waals surface area (Å²) in [4.78, 5) is 12.0. The Labute approximate surface area is 129 Å². The highest BCUT2D eigenvalue weighted by Crippen LogP contribution is 2.18. The average Bonchev–Trinajstić information content (AvgIpc) is 2.91. The van der Waals surface area contributed by atoms with E-state index >= 15 is 0 Å². The SMILES string of the molecule is Cc1nn(CCCNC(=O)c2cnn(C)c2C)c(C)c1Cl. The number of carbonyl (C=O) groups excluding carboxylic acids is 1. The number of halogens is 1. The number of rotatable bonds is 5. The zero-order chi connectivity index (χ0) is 15.6. The van der Waals surface area contributed by atoms with Crippen molar-refractivity contribution >= 4 is 17.5 Å². The molecule has 2 rings (SSSR count). The smallest absolute Gasteiger partial charge is 0.254 e.